The minimum Gasteiger partial charge on any atom is -0.326 e. The van der Waals surface area contributed by atoms with E-state index in [1.54, 1.807) is 23.3 Å². The molecule has 0 aliphatic heterocycles. The summed E-state index contributed by atoms with van der Waals surface area (Å²) in [7, 11) is 0. The second-order valence-corrected chi connectivity index (χ2v) is 2.82. The fraction of sp³-hybridized carbons (Fsp3) is 0.500. The Labute approximate surface area is 66.1 Å². The van der Waals surface area contributed by atoms with Gasteiger partial charge in [0.1, 0.15) is 6.04 Å². The van der Waals surface area contributed by atoms with Gasteiger partial charge >= 0.3 is 0 Å². The lowest BCUT2D eigenvalue weighted by Gasteiger charge is -2.13. The van der Waals surface area contributed by atoms with Gasteiger partial charge in [0, 0.05) is 12.4 Å². The maximum Gasteiger partial charge on any atom is 0.223 e. The molecule has 0 saturated heterocycles. The minimum absolute atomic E-state index is 0.197. The number of nitrogens with zero attached hydrogens (tertiary/aromatic N) is 2. The van der Waals surface area contributed by atoms with Crippen LogP contribution >= 0.6 is 0 Å². The van der Waals surface area contributed by atoms with Crippen LogP contribution in [0.15, 0.2) is 18.7 Å². The summed E-state index contributed by atoms with van der Waals surface area (Å²) < 4.78 is 1.76. The molecule has 0 aliphatic rings. The second kappa shape index (κ2) is 3.32. The molecule has 0 bridgehead atoms. The molecule has 59 valence electrons. The van der Waals surface area contributed by atoms with E-state index < -0.39 is 0 Å². The van der Waals surface area contributed by atoms with Crippen molar-refractivity contribution in [2.45, 2.75) is 19.9 Å². The maximum atomic E-state index is 10.5. The van der Waals surface area contributed by atoms with Crippen LogP contribution in [0.2, 0.25) is 0 Å². The SMILES string of the molecule is CC(C)C([C]=O)n1ccnc1. The van der Waals surface area contributed by atoms with E-state index in [0.29, 0.717) is 0 Å². The van der Waals surface area contributed by atoms with Crippen molar-refractivity contribution in [3.05, 3.63) is 18.7 Å². The van der Waals surface area contributed by atoms with Crippen molar-refractivity contribution in [2.24, 2.45) is 5.92 Å². The molecule has 0 fully saturated rings. The van der Waals surface area contributed by atoms with Gasteiger partial charge in [-0.05, 0) is 5.92 Å². The first-order valence-corrected chi connectivity index (χ1v) is 3.61. The molecule has 11 heavy (non-hydrogen) atoms. The van der Waals surface area contributed by atoms with E-state index in [4.69, 9.17) is 0 Å². The van der Waals surface area contributed by atoms with Crippen LogP contribution in [0.5, 0.6) is 0 Å². The van der Waals surface area contributed by atoms with Gasteiger partial charge in [-0.25, -0.2) is 4.98 Å². The van der Waals surface area contributed by atoms with E-state index in [1.807, 2.05) is 20.1 Å². The van der Waals surface area contributed by atoms with Crippen LogP contribution < -0.4 is 0 Å². The molecule has 3 heteroatoms. The minimum atomic E-state index is -0.197. The fourth-order valence-electron chi connectivity index (χ4n) is 0.975. The van der Waals surface area contributed by atoms with Crippen molar-refractivity contribution in [3.63, 3.8) is 0 Å². The molecule has 0 aromatic carbocycles. The Balaban J connectivity index is 2.79. The molecule has 0 saturated carbocycles. The average molecular weight is 151 g/mol. The molecule has 1 atom stereocenters. The van der Waals surface area contributed by atoms with Gasteiger partial charge in [0.2, 0.25) is 6.29 Å². The third-order valence-corrected chi connectivity index (χ3v) is 1.60. The van der Waals surface area contributed by atoms with E-state index in [-0.39, 0.29) is 12.0 Å². The zero-order valence-corrected chi connectivity index (χ0v) is 6.69. The summed E-state index contributed by atoms with van der Waals surface area (Å²) in [5.74, 6) is 0.265. The van der Waals surface area contributed by atoms with Gasteiger partial charge in [0.25, 0.3) is 0 Å². The van der Waals surface area contributed by atoms with Gasteiger partial charge in [-0.2, -0.15) is 0 Å². The normalized spacial score (nSPS) is 13.4. The molecule has 1 rings (SSSR count). The van der Waals surface area contributed by atoms with Crippen molar-refractivity contribution in [1.82, 2.24) is 9.55 Å². The van der Waals surface area contributed by atoms with Crippen molar-refractivity contribution >= 4 is 6.29 Å². The number of hydrogen-bond donors (Lipinski definition) is 0. The largest absolute Gasteiger partial charge is 0.326 e. The van der Waals surface area contributed by atoms with Gasteiger partial charge < -0.3 is 4.57 Å². The number of carbonyl (C=O) groups excluding carboxylic acids is 1. The molecular formula is C8H11N2O. The van der Waals surface area contributed by atoms with E-state index in [1.165, 1.54) is 0 Å². The van der Waals surface area contributed by atoms with Gasteiger partial charge in [-0.15, -0.1) is 0 Å². The molecule has 1 aromatic rings. The van der Waals surface area contributed by atoms with Gasteiger partial charge in [0.15, 0.2) is 0 Å². The van der Waals surface area contributed by atoms with Crippen LogP contribution in [0.3, 0.4) is 0 Å². The molecule has 0 spiro atoms. The highest BCUT2D eigenvalue weighted by Gasteiger charge is 2.13. The molecule has 1 aromatic heterocycles. The molecule has 0 N–H and O–H groups in total. The van der Waals surface area contributed by atoms with Crippen LogP contribution in [-0.2, 0) is 4.79 Å². The smallest absolute Gasteiger partial charge is 0.223 e. The Morgan fingerprint density at radius 1 is 1.55 bits per heavy atom. The highest BCUT2D eigenvalue weighted by Crippen LogP contribution is 2.13. The van der Waals surface area contributed by atoms with Crippen LogP contribution in [-0.4, -0.2) is 15.8 Å². The highest BCUT2D eigenvalue weighted by atomic mass is 16.1. The average Bonchev–Trinajstić information content (AvgIpc) is 2.40. The summed E-state index contributed by atoms with van der Waals surface area (Å²) in [6, 6.07) is -0.197. The van der Waals surface area contributed by atoms with E-state index in [2.05, 4.69) is 4.98 Å². The highest BCUT2D eigenvalue weighted by molar-refractivity contribution is 5.57. The molecular weight excluding hydrogens is 140 g/mol. The maximum absolute atomic E-state index is 10.5. The van der Waals surface area contributed by atoms with E-state index in [9.17, 15) is 4.79 Å². The Morgan fingerprint density at radius 2 is 2.27 bits per heavy atom. The van der Waals surface area contributed by atoms with E-state index in [0.717, 1.165) is 0 Å². The number of rotatable bonds is 3. The quantitative estimate of drug-likeness (QED) is 0.650. The zero-order chi connectivity index (χ0) is 8.27. The molecule has 0 amide bonds. The van der Waals surface area contributed by atoms with Crippen LogP contribution in [0.25, 0.3) is 0 Å². The van der Waals surface area contributed by atoms with Gasteiger partial charge in [0.05, 0.1) is 6.33 Å². The summed E-state index contributed by atoms with van der Waals surface area (Å²) in [5.41, 5.74) is 0. The first-order chi connectivity index (χ1) is 5.25. The Morgan fingerprint density at radius 3 is 2.64 bits per heavy atom. The monoisotopic (exact) mass is 151 g/mol. The van der Waals surface area contributed by atoms with Gasteiger partial charge in [-0.1, -0.05) is 13.8 Å². The Hall–Kier alpha value is -1.12. The predicted molar refractivity (Wildman–Crippen MR) is 41.8 cm³/mol. The third-order valence-electron chi connectivity index (χ3n) is 1.60. The molecule has 1 heterocycles. The topological polar surface area (TPSA) is 34.9 Å². The zero-order valence-electron chi connectivity index (χ0n) is 6.69. The van der Waals surface area contributed by atoms with Crippen molar-refractivity contribution in [3.8, 4) is 0 Å². The molecule has 3 nitrogen and oxygen atoms in total. The van der Waals surface area contributed by atoms with Crippen LogP contribution in [0.4, 0.5) is 0 Å². The molecule has 0 aliphatic carbocycles. The summed E-state index contributed by atoms with van der Waals surface area (Å²) in [6.07, 6.45) is 7.04. The van der Waals surface area contributed by atoms with Crippen LogP contribution in [0.1, 0.15) is 19.9 Å². The Bertz CT molecular complexity index is 216. The summed E-state index contributed by atoms with van der Waals surface area (Å²) in [5, 5.41) is 0. The lowest BCUT2D eigenvalue weighted by Crippen LogP contribution is -2.14. The first-order valence-electron chi connectivity index (χ1n) is 3.61. The summed E-state index contributed by atoms with van der Waals surface area (Å²) in [6.45, 7) is 3.96. The van der Waals surface area contributed by atoms with Crippen LogP contribution in [0, 0.1) is 5.92 Å². The standard InChI is InChI=1S/C8H11N2O/c1-7(2)8(5-11)10-4-3-9-6-10/h3-4,6-8H,1-2H3. The summed E-state index contributed by atoms with van der Waals surface area (Å²) >= 11 is 0. The predicted octanol–water partition coefficient (Wildman–Crippen LogP) is 1.19. The number of imidazole rings is 1. The first kappa shape index (κ1) is 7.98. The second-order valence-electron chi connectivity index (χ2n) is 2.82. The van der Waals surface area contributed by atoms with Crippen molar-refractivity contribution < 1.29 is 4.79 Å². The summed E-state index contributed by atoms with van der Waals surface area (Å²) in [4.78, 5) is 14.3. The Kier molecular flexibility index (Phi) is 2.41. The van der Waals surface area contributed by atoms with Gasteiger partial charge in [-0.3, -0.25) is 4.79 Å². The number of aromatic nitrogens is 2. The lowest BCUT2D eigenvalue weighted by molar-refractivity contribution is 0.437. The van der Waals surface area contributed by atoms with E-state index >= 15 is 0 Å². The lowest BCUT2D eigenvalue weighted by atomic mass is 10.1. The van der Waals surface area contributed by atoms with Crippen molar-refractivity contribution in [2.75, 3.05) is 0 Å². The number of hydrogen-bond acceptors (Lipinski definition) is 2. The fourth-order valence-corrected chi connectivity index (χ4v) is 0.975. The third kappa shape index (κ3) is 1.67. The molecule has 1 unspecified atom stereocenters. The van der Waals surface area contributed by atoms with Crippen molar-refractivity contribution in [1.29, 1.82) is 0 Å². The molecule has 1 radical (unpaired) electrons.